The lowest BCUT2D eigenvalue weighted by atomic mass is 10.1. The van der Waals surface area contributed by atoms with Crippen molar-refractivity contribution in [2.75, 3.05) is 12.4 Å². The van der Waals surface area contributed by atoms with Crippen LogP contribution in [0.15, 0.2) is 42.7 Å². The lowest BCUT2D eigenvalue weighted by molar-refractivity contribution is 0.553. The zero-order valence-electron chi connectivity index (χ0n) is 11.2. The zero-order valence-corrected chi connectivity index (χ0v) is 12.0. The van der Waals surface area contributed by atoms with Gasteiger partial charge >= 0.3 is 0 Å². The molecule has 0 radical (unpaired) electrons. The third kappa shape index (κ3) is 4.69. The minimum Gasteiger partial charge on any atom is -0.312 e. The van der Waals surface area contributed by atoms with Crippen molar-refractivity contribution in [3.63, 3.8) is 0 Å². The first kappa shape index (κ1) is 14.1. The molecule has 102 valence electrons. The van der Waals surface area contributed by atoms with Crippen LogP contribution in [0.3, 0.4) is 0 Å². The van der Waals surface area contributed by atoms with Gasteiger partial charge in [-0.1, -0.05) is 30.3 Å². The Labute approximate surface area is 119 Å². The lowest BCUT2D eigenvalue weighted by Gasteiger charge is -2.15. The summed E-state index contributed by atoms with van der Waals surface area (Å²) in [5.41, 5.74) is 2.57. The van der Waals surface area contributed by atoms with Gasteiger partial charge in [0.05, 0.1) is 6.20 Å². The predicted octanol–water partition coefficient (Wildman–Crippen LogP) is 2.40. The fourth-order valence-electron chi connectivity index (χ4n) is 2.10. The standard InChI is InChI=1S/C15H20ClN3/c1-19-12-14(11-18-19)7-8-17-15(10-16)9-13-5-3-2-4-6-13/h2-6,11-12,15,17H,7-10H2,1H3. The van der Waals surface area contributed by atoms with Crippen LogP contribution in [0.2, 0.25) is 0 Å². The molecule has 1 unspecified atom stereocenters. The van der Waals surface area contributed by atoms with Gasteiger partial charge in [0.1, 0.15) is 0 Å². The molecule has 0 saturated carbocycles. The Hall–Kier alpha value is -1.32. The summed E-state index contributed by atoms with van der Waals surface area (Å²) in [7, 11) is 1.94. The van der Waals surface area contributed by atoms with E-state index in [2.05, 4.69) is 40.9 Å². The van der Waals surface area contributed by atoms with Crippen molar-refractivity contribution in [1.29, 1.82) is 0 Å². The number of aryl methyl sites for hydroxylation is 1. The molecule has 4 heteroatoms. The number of hydrogen-bond acceptors (Lipinski definition) is 2. The number of alkyl halides is 1. The van der Waals surface area contributed by atoms with Crippen LogP contribution < -0.4 is 5.32 Å². The number of aromatic nitrogens is 2. The van der Waals surface area contributed by atoms with Crippen LogP contribution in [0.25, 0.3) is 0 Å². The van der Waals surface area contributed by atoms with Crippen molar-refractivity contribution >= 4 is 11.6 Å². The molecule has 2 aromatic rings. The van der Waals surface area contributed by atoms with Gasteiger partial charge in [-0.3, -0.25) is 4.68 Å². The molecule has 0 bridgehead atoms. The molecule has 1 N–H and O–H groups in total. The minimum absolute atomic E-state index is 0.320. The van der Waals surface area contributed by atoms with E-state index in [1.807, 2.05) is 24.0 Å². The second-order valence-electron chi connectivity index (χ2n) is 4.77. The third-order valence-electron chi connectivity index (χ3n) is 3.12. The number of nitrogens with zero attached hydrogens (tertiary/aromatic N) is 2. The molecule has 2 rings (SSSR count). The normalized spacial score (nSPS) is 12.5. The van der Waals surface area contributed by atoms with Gasteiger partial charge in [-0.15, -0.1) is 11.6 Å². The molecule has 1 heterocycles. The second kappa shape index (κ2) is 7.31. The van der Waals surface area contributed by atoms with E-state index < -0.39 is 0 Å². The molecule has 0 fully saturated rings. The van der Waals surface area contributed by atoms with Crippen molar-refractivity contribution in [2.24, 2.45) is 7.05 Å². The van der Waals surface area contributed by atoms with Crippen molar-refractivity contribution < 1.29 is 0 Å². The van der Waals surface area contributed by atoms with Gasteiger partial charge in [-0.25, -0.2) is 0 Å². The molecule has 0 spiro atoms. The van der Waals surface area contributed by atoms with Crippen molar-refractivity contribution in [3.05, 3.63) is 53.9 Å². The zero-order chi connectivity index (χ0) is 13.5. The Balaban J connectivity index is 1.76. The molecular weight excluding hydrogens is 258 g/mol. The fourth-order valence-corrected chi connectivity index (χ4v) is 2.32. The summed E-state index contributed by atoms with van der Waals surface area (Å²) in [6.45, 7) is 0.927. The maximum Gasteiger partial charge on any atom is 0.0522 e. The van der Waals surface area contributed by atoms with Crippen molar-refractivity contribution in [1.82, 2.24) is 15.1 Å². The van der Waals surface area contributed by atoms with Crippen LogP contribution in [-0.4, -0.2) is 28.2 Å². The van der Waals surface area contributed by atoms with Gasteiger partial charge in [-0.2, -0.15) is 5.10 Å². The highest BCUT2D eigenvalue weighted by Gasteiger charge is 2.07. The van der Waals surface area contributed by atoms with Crippen LogP contribution in [0, 0.1) is 0 Å². The van der Waals surface area contributed by atoms with Crippen molar-refractivity contribution in [2.45, 2.75) is 18.9 Å². The van der Waals surface area contributed by atoms with Crippen LogP contribution in [0.1, 0.15) is 11.1 Å². The van der Waals surface area contributed by atoms with Crippen LogP contribution in [-0.2, 0) is 19.9 Å². The topological polar surface area (TPSA) is 29.9 Å². The molecule has 0 saturated heterocycles. The summed E-state index contributed by atoms with van der Waals surface area (Å²) in [5.74, 6) is 0.627. The molecule has 1 atom stereocenters. The summed E-state index contributed by atoms with van der Waals surface area (Å²) >= 11 is 6.02. The van der Waals surface area contributed by atoms with Gasteiger partial charge < -0.3 is 5.32 Å². The van der Waals surface area contributed by atoms with Gasteiger partial charge in [0.25, 0.3) is 0 Å². The molecular formula is C15H20ClN3. The van der Waals surface area contributed by atoms with E-state index in [1.54, 1.807) is 0 Å². The van der Waals surface area contributed by atoms with Crippen LogP contribution in [0.4, 0.5) is 0 Å². The molecule has 0 amide bonds. The Bertz CT molecular complexity index is 481. The highest BCUT2D eigenvalue weighted by atomic mass is 35.5. The summed E-state index contributed by atoms with van der Waals surface area (Å²) in [4.78, 5) is 0. The Morgan fingerprint density at radius 3 is 2.68 bits per heavy atom. The van der Waals surface area contributed by atoms with Gasteiger partial charge in [-0.05, 0) is 30.5 Å². The van der Waals surface area contributed by atoms with Crippen molar-refractivity contribution in [3.8, 4) is 0 Å². The fraction of sp³-hybridized carbons (Fsp3) is 0.400. The molecule has 0 aliphatic carbocycles. The molecule has 1 aromatic heterocycles. The summed E-state index contributed by atoms with van der Waals surface area (Å²) in [6, 6.07) is 10.8. The Kier molecular flexibility index (Phi) is 5.43. The first-order valence-electron chi connectivity index (χ1n) is 6.58. The van der Waals surface area contributed by atoms with E-state index >= 15 is 0 Å². The second-order valence-corrected chi connectivity index (χ2v) is 5.08. The van der Waals surface area contributed by atoms with Gasteiger partial charge in [0.2, 0.25) is 0 Å². The SMILES string of the molecule is Cn1cc(CCNC(CCl)Cc2ccccc2)cn1. The largest absolute Gasteiger partial charge is 0.312 e. The molecule has 0 aliphatic heterocycles. The number of hydrogen-bond donors (Lipinski definition) is 1. The third-order valence-corrected chi connectivity index (χ3v) is 3.49. The maximum absolute atomic E-state index is 6.02. The average molecular weight is 278 g/mol. The summed E-state index contributed by atoms with van der Waals surface area (Å²) in [5, 5.41) is 7.67. The van der Waals surface area contributed by atoms with E-state index in [4.69, 9.17) is 11.6 Å². The van der Waals surface area contributed by atoms with Gasteiger partial charge in [0.15, 0.2) is 0 Å². The van der Waals surface area contributed by atoms with Gasteiger partial charge in [0, 0.05) is 25.2 Å². The van der Waals surface area contributed by atoms with E-state index in [-0.39, 0.29) is 0 Å². The smallest absolute Gasteiger partial charge is 0.0522 e. The Morgan fingerprint density at radius 2 is 2.05 bits per heavy atom. The maximum atomic E-state index is 6.02. The van der Waals surface area contributed by atoms with E-state index in [9.17, 15) is 0 Å². The van der Waals surface area contributed by atoms with Crippen LogP contribution >= 0.6 is 11.6 Å². The predicted molar refractivity (Wildman–Crippen MR) is 79.6 cm³/mol. The average Bonchev–Trinajstić information content (AvgIpc) is 2.84. The number of halogens is 1. The first-order chi connectivity index (χ1) is 9.28. The molecule has 3 nitrogen and oxygen atoms in total. The number of rotatable bonds is 7. The number of nitrogens with one attached hydrogen (secondary N) is 1. The van der Waals surface area contributed by atoms with Crippen LogP contribution in [0.5, 0.6) is 0 Å². The number of benzene rings is 1. The molecule has 0 aliphatic rings. The quantitative estimate of drug-likeness (QED) is 0.788. The lowest BCUT2D eigenvalue weighted by Crippen LogP contribution is -2.34. The summed E-state index contributed by atoms with van der Waals surface area (Å²) in [6.07, 6.45) is 5.91. The summed E-state index contributed by atoms with van der Waals surface area (Å²) < 4.78 is 1.83. The highest BCUT2D eigenvalue weighted by Crippen LogP contribution is 2.05. The highest BCUT2D eigenvalue weighted by molar-refractivity contribution is 6.18. The van der Waals surface area contributed by atoms with E-state index in [0.717, 1.165) is 19.4 Å². The Morgan fingerprint density at radius 1 is 1.26 bits per heavy atom. The van der Waals surface area contributed by atoms with E-state index in [0.29, 0.717) is 11.9 Å². The first-order valence-corrected chi connectivity index (χ1v) is 7.12. The molecule has 1 aromatic carbocycles. The monoisotopic (exact) mass is 277 g/mol. The minimum atomic E-state index is 0.320. The molecule has 19 heavy (non-hydrogen) atoms. The van der Waals surface area contributed by atoms with E-state index in [1.165, 1.54) is 11.1 Å².